The Labute approximate surface area is 112 Å². The molecule has 0 N–H and O–H groups in total. The van der Waals surface area contributed by atoms with Crippen LogP contribution in [-0.4, -0.2) is 11.1 Å². The van der Waals surface area contributed by atoms with E-state index in [1.165, 1.54) is 6.07 Å². The lowest BCUT2D eigenvalue weighted by Gasteiger charge is -2.05. The van der Waals surface area contributed by atoms with Crippen molar-refractivity contribution in [2.75, 3.05) is 5.33 Å². The van der Waals surface area contributed by atoms with Crippen molar-refractivity contribution in [2.24, 2.45) is 0 Å². The lowest BCUT2D eigenvalue weighted by atomic mass is 10.1. The molecular weight excluding hydrogens is 318 g/mol. The van der Waals surface area contributed by atoms with Crippen molar-refractivity contribution in [2.45, 2.75) is 19.3 Å². The summed E-state index contributed by atoms with van der Waals surface area (Å²) in [5.41, 5.74) is 0.168. The fraction of sp³-hybridized carbons (Fsp3) is 0.364. The number of carbonyl (C=O) groups excluding carboxylic acids is 1. The lowest BCUT2D eigenvalue weighted by molar-refractivity contribution is 0.0979. The Balaban J connectivity index is 2.82. The molecule has 1 rings (SSSR count). The van der Waals surface area contributed by atoms with E-state index in [2.05, 4.69) is 15.9 Å². The highest BCUT2D eigenvalue weighted by molar-refractivity contribution is 9.09. The number of carbonyl (C=O) groups is 1. The first-order valence-electron chi connectivity index (χ1n) is 4.80. The molecule has 0 aliphatic heterocycles. The maximum absolute atomic E-state index is 13.2. The van der Waals surface area contributed by atoms with Crippen LogP contribution in [0.15, 0.2) is 12.1 Å². The molecule has 16 heavy (non-hydrogen) atoms. The maximum atomic E-state index is 13.2. The van der Waals surface area contributed by atoms with Crippen LogP contribution in [0, 0.1) is 5.82 Å². The van der Waals surface area contributed by atoms with Gasteiger partial charge in [-0.3, -0.25) is 4.79 Å². The first-order valence-corrected chi connectivity index (χ1v) is 6.67. The van der Waals surface area contributed by atoms with E-state index in [4.69, 9.17) is 23.2 Å². The molecule has 0 amide bonds. The van der Waals surface area contributed by atoms with Crippen LogP contribution in [-0.2, 0) is 0 Å². The molecule has 0 unspecified atom stereocenters. The number of alkyl halides is 1. The molecule has 0 radical (unpaired) electrons. The molecule has 0 bridgehead atoms. The van der Waals surface area contributed by atoms with Crippen LogP contribution in [0.25, 0.3) is 0 Å². The number of hydrogen-bond donors (Lipinski definition) is 0. The van der Waals surface area contributed by atoms with Crippen molar-refractivity contribution >= 4 is 44.9 Å². The van der Waals surface area contributed by atoms with Gasteiger partial charge in [0.2, 0.25) is 0 Å². The molecule has 1 aromatic carbocycles. The number of rotatable bonds is 5. The highest BCUT2D eigenvalue weighted by Crippen LogP contribution is 2.26. The zero-order chi connectivity index (χ0) is 12.1. The van der Waals surface area contributed by atoms with Gasteiger partial charge in [0.25, 0.3) is 0 Å². The summed E-state index contributed by atoms with van der Waals surface area (Å²) in [4.78, 5) is 11.7. The molecule has 1 nitrogen and oxygen atoms in total. The molecule has 0 aromatic heterocycles. The van der Waals surface area contributed by atoms with Gasteiger partial charge in [0.15, 0.2) is 5.78 Å². The van der Waals surface area contributed by atoms with Crippen LogP contribution in [0.1, 0.15) is 29.6 Å². The summed E-state index contributed by atoms with van der Waals surface area (Å²) in [6.45, 7) is 0. The average Bonchev–Trinajstić information content (AvgIpc) is 2.23. The lowest BCUT2D eigenvalue weighted by Crippen LogP contribution is -2.01. The van der Waals surface area contributed by atoms with Gasteiger partial charge in [-0.25, -0.2) is 4.39 Å². The van der Waals surface area contributed by atoms with Crippen molar-refractivity contribution in [1.82, 2.24) is 0 Å². The van der Waals surface area contributed by atoms with E-state index < -0.39 is 5.82 Å². The fourth-order valence-electron chi connectivity index (χ4n) is 1.27. The highest BCUT2D eigenvalue weighted by Gasteiger charge is 2.14. The zero-order valence-electron chi connectivity index (χ0n) is 8.40. The van der Waals surface area contributed by atoms with Crippen LogP contribution in [0.5, 0.6) is 0 Å². The number of halogens is 4. The molecule has 0 saturated carbocycles. The fourth-order valence-corrected chi connectivity index (χ4v) is 2.09. The average molecular weight is 328 g/mol. The molecule has 0 saturated heterocycles. The molecule has 0 atom stereocenters. The summed E-state index contributed by atoms with van der Waals surface area (Å²) in [6, 6.07) is 2.50. The summed E-state index contributed by atoms with van der Waals surface area (Å²) < 4.78 is 13.2. The zero-order valence-corrected chi connectivity index (χ0v) is 11.5. The van der Waals surface area contributed by atoms with Gasteiger partial charge in [0.05, 0.1) is 5.02 Å². The number of ketones is 1. The summed E-state index contributed by atoms with van der Waals surface area (Å²) in [7, 11) is 0. The third kappa shape index (κ3) is 3.72. The Hall–Kier alpha value is -0.120. The van der Waals surface area contributed by atoms with E-state index in [0.717, 1.165) is 24.2 Å². The van der Waals surface area contributed by atoms with E-state index in [1.807, 2.05) is 0 Å². The first kappa shape index (κ1) is 13.9. The second-order valence-electron chi connectivity index (χ2n) is 3.32. The van der Waals surface area contributed by atoms with Gasteiger partial charge < -0.3 is 0 Å². The Morgan fingerprint density at radius 2 is 2.00 bits per heavy atom. The monoisotopic (exact) mass is 326 g/mol. The van der Waals surface area contributed by atoms with Crippen molar-refractivity contribution < 1.29 is 9.18 Å². The van der Waals surface area contributed by atoms with Crippen LogP contribution in [0.4, 0.5) is 4.39 Å². The Morgan fingerprint density at radius 1 is 1.31 bits per heavy atom. The Kier molecular flexibility index (Phi) is 5.73. The molecular formula is C11H10BrCl2FO. The van der Waals surface area contributed by atoms with E-state index in [-0.39, 0.29) is 21.4 Å². The first-order chi connectivity index (χ1) is 7.56. The molecule has 88 valence electrons. The van der Waals surface area contributed by atoms with E-state index in [9.17, 15) is 9.18 Å². The second-order valence-corrected chi connectivity index (χ2v) is 4.93. The summed E-state index contributed by atoms with van der Waals surface area (Å²) in [6.07, 6.45) is 1.99. The second kappa shape index (κ2) is 6.58. The predicted molar refractivity (Wildman–Crippen MR) is 68.4 cm³/mol. The van der Waals surface area contributed by atoms with Crippen molar-refractivity contribution in [3.8, 4) is 0 Å². The van der Waals surface area contributed by atoms with Gasteiger partial charge in [0, 0.05) is 22.3 Å². The molecule has 5 heteroatoms. The number of Topliss-reactive ketones (excluding diaryl/α,β-unsaturated/α-hetero) is 1. The minimum Gasteiger partial charge on any atom is -0.294 e. The van der Waals surface area contributed by atoms with Crippen LogP contribution in [0.2, 0.25) is 10.0 Å². The summed E-state index contributed by atoms with van der Waals surface area (Å²) in [5.74, 6) is -0.828. The predicted octanol–water partition coefficient (Wildman–Crippen LogP) is 4.88. The normalized spacial score (nSPS) is 10.5. The topological polar surface area (TPSA) is 17.1 Å². The Bertz CT molecular complexity index is 396. The number of benzene rings is 1. The third-order valence-electron chi connectivity index (χ3n) is 2.08. The van der Waals surface area contributed by atoms with E-state index in [0.29, 0.717) is 6.42 Å². The smallest absolute Gasteiger partial charge is 0.164 e. The van der Waals surface area contributed by atoms with Gasteiger partial charge in [-0.1, -0.05) is 39.1 Å². The minimum absolute atomic E-state index is 0.145. The summed E-state index contributed by atoms with van der Waals surface area (Å²) in [5, 5.41) is 0.886. The standard InChI is InChI=1S/C11H10BrCl2FO/c12-4-2-1-3-10(16)8-5-7(13)6-9(15)11(8)14/h5-6H,1-4H2. The molecule has 0 aliphatic rings. The molecule has 0 fully saturated rings. The van der Waals surface area contributed by atoms with Gasteiger partial charge in [-0.15, -0.1) is 0 Å². The number of unbranched alkanes of at least 4 members (excludes halogenated alkanes) is 1. The van der Waals surface area contributed by atoms with Crippen molar-refractivity contribution in [3.63, 3.8) is 0 Å². The van der Waals surface area contributed by atoms with Crippen LogP contribution in [0.3, 0.4) is 0 Å². The quantitative estimate of drug-likeness (QED) is 0.326. The van der Waals surface area contributed by atoms with Gasteiger partial charge in [-0.2, -0.15) is 0 Å². The van der Waals surface area contributed by atoms with Gasteiger partial charge in [0.1, 0.15) is 5.82 Å². The highest BCUT2D eigenvalue weighted by atomic mass is 79.9. The number of hydrogen-bond acceptors (Lipinski definition) is 1. The third-order valence-corrected chi connectivity index (χ3v) is 3.24. The molecule has 0 spiro atoms. The molecule has 0 aliphatic carbocycles. The largest absolute Gasteiger partial charge is 0.294 e. The SMILES string of the molecule is O=C(CCCCBr)c1cc(Cl)cc(F)c1Cl. The van der Waals surface area contributed by atoms with E-state index in [1.54, 1.807) is 0 Å². The maximum Gasteiger partial charge on any atom is 0.164 e. The molecule has 0 heterocycles. The summed E-state index contributed by atoms with van der Waals surface area (Å²) >= 11 is 14.7. The van der Waals surface area contributed by atoms with E-state index >= 15 is 0 Å². The molecule has 1 aromatic rings. The van der Waals surface area contributed by atoms with Gasteiger partial charge in [-0.05, 0) is 25.0 Å². The van der Waals surface area contributed by atoms with Crippen LogP contribution < -0.4 is 0 Å². The minimum atomic E-state index is -0.655. The van der Waals surface area contributed by atoms with Gasteiger partial charge >= 0.3 is 0 Å². The van der Waals surface area contributed by atoms with Crippen LogP contribution >= 0.6 is 39.1 Å². The van der Waals surface area contributed by atoms with Crippen molar-refractivity contribution in [3.05, 3.63) is 33.6 Å². The van der Waals surface area contributed by atoms with Crippen molar-refractivity contribution in [1.29, 1.82) is 0 Å². The Morgan fingerprint density at radius 3 is 2.62 bits per heavy atom.